The summed E-state index contributed by atoms with van der Waals surface area (Å²) in [6.07, 6.45) is 4.63. The van der Waals surface area contributed by atoms with Gasteiger partial charge < -0.3 is 10.2 Å². The normalized spacial score (nSPS) is 21.5. The van der Waals surface area contributed by atoms with Crippen LogP contribution in [0.25, 0.3) is 0 Å². The highest BCUT2D eigenvalue weighted by Gasteiger charge is 2.28. The third-order valence-electron chi connectivity index (χ3n) is 5.84. The summed E-state index contributed by atoms with van der Waals surface area (Å²) in [5, 5.41) is 3.22. The number of anilines is 1. The molecule has 0 saturated heterocycles. The molecule has 1 saturated carbocycles. The highest BCUT2D eigenvalue weighted by Crippen LogP contribution is 2.41. The van der Waals surface area contributed by atoms with Crippen LogP contribution in [0.2, 0.25) is 0 Å². The van der Waals surface area contributed by atoms with E-state index in [2.05, 4.69) is 12.2 Å². The second-order valence-corrected chi connectivity index (χ2v) is 8.76. The number of hydrogen-bond donors (Lipinski definition) is 1. The summed E-state index contributed by atoms with van der Waals surface area (Å²) in [4.78, 5) is 29.7. The van der Waals surface area contributed by atoms with Crippen LogP contribution in [0.5, 0.6) is 0 Å². The minimum atomic E-state index is -0.0446. The Morgan fingerprint density at radius 3 is 2.71 bits per heavy atom. The van der Waals surface area contributed by atoms with Gasteiger partial charge in [0.2, 0.25) is 0 Å². The van der Waals surface area contributed by atoms with Gasteiger partial charge in [0.1, 0.15) is 0 Å². The molecule has 0 aromatic heterocycles. The van der Waals surface area contributed by atoms with Gasteiger partial charge in [-0.05, 0) is 56.0 Å². The van der Waals surface area contributed by atoms with Crippen molar-refractivity contribution in [1.29, 1.82) is 0 Å². The first kappa shape index (κ1) is 19.1. The molecular formula is C23H26N2O2S. The van der Waals surface area contributed by atoms with Crippen LogP contribution in [0.3, 0.4) is 0 Å². The van der Waals surface area contributed by atoms with Crippen molar-refractivity contribution in [2.75, 3.05) is 11.4 Å². The van der Waals surface area contributed by atoms with Crippen molar-refractivity contribution in [2.45, 2.75) is 55.4 Å². The van der Waals surface area contributed by atoms with Crippen LogP contribution >= 0.6 is 11.8 Å². The maximum Gasteiger partial charge on any atom is 0.259 e. The summed E-state index contributed by atoms with van der Waals surface area (Å²) >= 11 is 1.59. The molecule has 5 heteroatoms. The minimum absolute atomic E-state index is 0.0113. The number of nitrogens with zero attached hydrogens (tertiary/aromatic N) is 1. The lowest BCUT2D eigenvalue weighted by Crippen LogP contribution is -2.41. The van der Waals surface area contributed by atoms with Crippen molar-refractivity contribution in [2.24, 2.45) is 5.92 Å². The first-order valence-corrected chi connectivity index (χ1v) is 10.9. The Bertz CT molecular complexity index is 911. The molecule has 2 atom stereocenters. The van der Waals surface area contributed by atoms with Gasteiger partial charge in [-0.1, -0.05) is 43.7 Å². The average Bonchev–Trinajstić information content (AvgIpc) is 2.83. The van der Waals surface area contributed by atoms with Crippen LogP contribution in [-0.4, -0.2) is 24.4 Å². The third kappa shape index (κ3) is 3.55. The maximum atomic E-state index is 13.1. The van der Waals surface area contributed by atoms with Crippen LogP contribution < -0.4 is 10.2 Å². The van der Waals surface area contributed by atoms with Gasteiger partial charge in [0.15, 0.2) is 0 Å². The second-order valence-electron chi connectivity index (χ2n) is 7.67. The van der Waals surface area contributed by atoms with Crippen molar-refractivity contribution in [3.8, 4) is 0 Å². The van der Waals surface area contributed by atoms with E-state index in [-0.39, 0.29) is 17.9 Å². The molecule has 146 valence electrons. The molecule has 4 nitrogen and oxygen atoms in total. The number of fused-ring (bicyclic) bond motifs is 2. The van der Waals surface area contributed by atoms with E-state index in [9.17, 15) is 9.59 Å². The van der Waals surface area contributed by atoms with Crippen molar-refractivity contribution < 1.29 is 9.59 Å². The van der Waals surface area contributed by atoms with Gasteiger partial charge in [0, 0.05) is 27.9 Å². The van der Waals surface area contributed by atoms with E-state index in [4.69, 9.17) is 0 Å². The molecule has 2 aliphatic rings. The van der Waals surface area contributed by atoms with Crippen LogP contribution in [0.4, 0.5) is 5.69 Å². The molecule has 2 amide bonds. The zero-order chi connectivity index (χ0) is 19.7. The van der Waals surface area contributed by atoms with Gasteiger partial charge in [-0.3, -0.25) is 9.59 Å². The van der Waals surface area contributed by atoms with E-state index in [0.29, 0.717) is 23.6 Å². The second kappa shape index (κ2) is 8.00. The summed E-state index contributed by atoms with van der Waals surface area (Å²) in [6.45, 7) is 4.74. The topological polar surface area (TPSA) is 49.4 Å². The first-order chi connectivity index (χ1) is 13.6. The van der Waals surface area contributed by atoms with E-state index in [1.165, 1.54) is 19.3 Å². The number of carbonyl (C=O) groups is 2. The number of amides is 2. The molecule has 1 fully saturated rings. The zero-order valence-corrected chi connectivity index (χ0v) is 17.2. The number of hydrogen-bond acceptors (Lipinski definition) is 3. The fourth-order valence-electron chi connectivity index (χ4n) is 4.16. The molecule has 4 rings (SSSR count). The number of nitrogens with one attached hydrogen (secondary N) is 1. The van der Waals surface area contributed by atoms with Crippen molar-refractivity contribution >= 4 is 29.3 Å². The molecule has 0 bridgehead atoms. The summed E-state index contributed by atoms with van der Waals surface area (Å²) in [7, 11) is 0. The Hall–Kier alpha value is -2.27. The Morgan fingerprint density at radius 1 is 1.14 bits per heavy atom. The number of benzene rings is 2. The molecule has 0 spiro atoms. The molecular weight excluding hydrogens is 368 g/mol. The monoisotopic (exact) mass is 394 g/mol. The lowest BCUT2D eigenvalue weighted by Gasteiger charge is -2.29. The number of carbonyl (C=O) groups excluding carboxylic acids is 2. The lowest BCUT2D eigenvalue weighted by atomic mass is 9.86. The Kier molecular flexibility index (Phi) is 5.44. The van der Waals surface area contributed by atoms with Gasteiger partial charge in [-0.15, -0.1) is 0 Å². The van der Waals surface area contributed by atoms with Gasteiger partial charge in [0.05, 0.1) is 11.3 Å². The molecule has 2 aromatic carbocycles. The number of rotatable bonds is 3. The highest BCUT2D eigenvalue weighted by molar-refractivity contribution is 7.99. The van der Waals surface area contributed by atoms with E-state index in [0.717, 1.165) is 21.9 Å². The molecule has 2 unspecified atom stereocenters. The van der Waals surface area contributed by atoms with E-state index in [1.807, 2.05) is 49.4 Å². The molecule has 1 aliphatic heterocycles. The zero-order valence-electron chi connectivity index (χ0n) is 16.4. The van der Waals surface area contributed by atoms with Crippen LogP contribution in [0.1, 0.15) is 60.2 Å². The van der Waals surface area contributed by atoms with Gasteiger partial charge in [0.25, 0.3) is 11.8 Å². The summed E-state index contributed by atoms with van der Waals surface area (Å²) in [5.41, 5.74) is 2.15. The van der Waals surface area contributed by atoms with Crippen LogP contribution in [0, 0.1) is 5.92 Å². The van der Waals surface area contributed by atoms with Crippen molar-refractivity contribution in [3.63, 3.8) is 0 Å². The standard InChI is InChI=1S/C23H26N2O2S/c1-3-25-19-14-16(22(26)24-18-10-6-4-8-15(18)2)12-13-21(19)28-20-11-7-5-9-17(20)23(25)27/h5,7,9,11-15,18H,3-4,6,8,10H2,1-2H3,(H,24,26). The smallest absolute Gasteiger partial charge is 0.259 e. The van der Waals surface area contributed by atoms with E-state index < -0.39 is 0 Å². The predicted molar refractivity (Wildman–Crippen MR) is 113 cm³/mol. The third-order valence-corrected chi connectivity index (χ3v) is 6.98. The Balaban J connectivity index is 1.65. The maximum absolute atomic E-state index is 13.1. The Labute approximate surface area is 170 Å². The lowest BCUT2D eigenvalue weighted by molar-refractivity contribution is 0.0908. The largest absolute Gasteiger partial charge is 0.349 e. The average molecular weight is 395 g/mol. The van der Waals surface area contributed by atoms with Crippen LogP contribution in [-0.2, 0) is 0 Å². The van der Waals surface area contributed by atoms with E-state index >= 15 is 0 Å². The van der Waals surface area contributed by atoms with E-state index in [1.54, 1.807) is 16.7 Å². The molecule has 28 heavy (non-hydrogen) atoms. The SMILES string of the molecule is CCN1C(=O)c2ccccc2Sc2ccc(C(=O)NC3CCCCC3C)cc21. The Morgan fingerprint density at radius 2 is 1.93 bits per heavy atom. The quantitative estimate of drug-likeness (QED) is 0.785. The van der Waals surface area contributed by atoms with Gasteiger partial charge in [-0.2, -0.15) is 0 Å². The van der Waals surface area contributed by atoms with Gasteiger partial charge >= 0.3 is 0 Å². The minimum Gasteiger partial charge on any atom is -0.349 e. The van der Waals surface area contributed by atoms with Crippen molar-refractivity contribution in [3.05, 3.63) is 53.6 Å². The highest BCUT2D eigenvalue weighted by atomic mass is 32.2. The predicted octanol–water partition coefficient (Wildman–Crippen LogP) is 5.13. The molecule has 2 aromatic rings. The van der Waals surface area contributed by atoms with Crippen LogP contribution in [0.15, 0.2) is 52.3 Å². The molecule has 1 heterocycles. The van der Waals surface area contributed by atoms with Gasteiger partial charge in [-0.25, -0.2) is 0 Å². The first-order valence-electron chi connectivity index (χ1n) is 10.1. The summed E-state index contributed by atoms with van der Waals surface area (Å²) < 4.78 is 0. The molecule has 1 aliphatic carbocycles. The fourth-order valence-corrected chi connectivity index (χ4v) is 5.22. The summed E-state index contributed by atoms with van der Waals surface area (Å²) in [6, 6.07) is 13.7. The fraction of sp³-hybridized carbons (Fsp3) is 0.391. The van der Waals surface area contributed by atoms with Crippen molar-refractivity contribution in [1.82, 2.24) is 5.32 Å². The molecule has 0 radical (unpaired) electrons. The summed E-state index contributed by atoms with van der Waals surface area (Å²) in [5.74, 6) is 0.455. The molecule has 1 N–H and O–H groups in total.